The van der Waals surface area contributed by atoms with Gasteiger partial charge in [-0.3, -0.25) is 9.69 Å². The van der Waals surface area contributed by atoms with E-state index in [9.17, 15) is 9.90 Å². The van der Waals surface area contributed by atoms with Crippen molar-refractivity contribution in [2.24, 2.45) is 17.8 Å². The molecule has 4 heteroatoms. The van der Waals surface area contributed by atoms with Crippen LogP contribution in [0, 0.1) is 17.8 Å². The first-order valence-electron chi connectivity index (χ1n) is 13.5. The predicted octanol–water partition coefficient (Wildman–Crippen LogP) is 6.67. The number of hydrogen-bond donors (Lipinski definition) is 1. The van der Waals surface area contributed by atoms with Gasteiger partial charge in [-0.15, -0.1) is 0 Å². The lowest BCUT2D eigenvalue weighted by Crippen LogP contribution is -2.41. The van der Waals surface area contributed by atoms with Crippen molar-refractivity contribution in [2.75, 3.05) is 13.1 Å². The minimum absolute atomic E-state index is 0.178. The zero-order valence-electron chi connectivity index (χ0n) is 20.3. The molecule has 1 N–H and O–H groups in total. The quantitative estimate of drug-likeness (QED) is 0.284. The van der Waals surface area contributed by atoms with Crippen LogP contribution in [0.2, 0.25) is 0 Å². The number of phenols is 1. The summed E-state index contributed by atoms with van der Waals surface area (Å²) in [4.78, 5) is 15.3. The number of ether oxygens (including phenoxy) is 1. The van der Waals surface area contributed by atoms with Gasteiger partial charge in [0.1, 0.15) is 0 Å². The van der Waals surface area contributed by atoms with Gasteiger partial charge < -0.3 is 9.84 Å². The van der Waals surface area contributed by atoms with Crippen molar-refractivity contribution in [1.82, 2.24) is 4.90 Å². The topological polar surface area (TPSA) is 49.8 Å². The summed E-state index contributed by atoms with van der Waals surface area (Å²) in [6.45, 7) is 3.30. The standard InChI is InChI=1S/C30H39NO3/c32-29(34-28-14-8-13-27(30(28)33)23-11-6-1-2-7-12-23)18-17-26-24-15-16-25(26)21-31(20-24)19-22-9-4-3-5-10-22/h3-5,8-10,13-14,23-26,33H,1-2,6-7,11-12,15-21H2. The van der Waals surface area contributed by atoms with E-state index in [0.29, 0.717) is 35.8 Å². The molecular formula is C30H39NO3. The lowest BCUT2D eigenvalue weighted by Gasteiger charge is -2.38. The van der Waals surface area contributed by atoms with Crippen LogP contribution in [-0.4, -0.2) is 29.1 Å². The fourth-order valence-electron chi connectivity index (χ4n) is 6.87. The molecule has 2 atom stereocenters. The van der Waals surface area contributed by atoms with Crippen molar-refractivity contribution in [2.45, 2.75) is 76.7 Å². The first-order chi connectivity index (χ1) is 16.7. The smallest absolute Gasteiger partial charge is 0.311 e. The van der Waals surface area contributed by atoms with Gasteiger partial charge in [-0.2, -0.15) is 0 Å². The van der Waals surface area contributed by atoms with Crippen LogP contribution in [0.1, 0.15) is 81.3 Å². The third kappa shape index (κ3) is 5.49. The highest BCUT2D eigenvalue weighted by Crippen LogP contribution is 2.45. The number of nitrogens with zero attached hydrogens (tertiary/aromatic N) is 1. The lowest BCUT2D eigenvalue weighted by molar-refractivity contribution is -0.135. The van der Waals surface area contributed by atoms with E-state index in [1.807, 2.05) is 12.1 Å². The van der Waals surface area contributed by atoms with Crippen LogP contribution in [-0.2, 0) is 11.3 Å². The Labute approximate surface area is 204 Å². The summed E-state index contributed by atoms with van der Waals surface area (Å²) in [6, 6.07) is 16.4. The van der Waals surface area contributed by atoms with Crippen LogP contribution >= 0.6 is 0 Å². The molecule has 4 nitrogen and oxygen atoms in total. The fourth-order valence-corrected chi connectivity index (χ4v) is 6.87. The zero-order chi connectivity index (χ0) is 23.3. The molecule has 0 radical (unpaired) electrons. The second-order valence-electron chi connectivity index (χ2n) is 10.8. The Kier molecular flexibility index (Phi) is 7.54. The van der Waals surface area contributed by atoms with E-state index in [2.05, 4.69) is 35.2 Å². The SMILES string of the molecule is O=C(CCC1C2CCC1CN(Cc1ccccc1)C2)Oc1cccc(C2CCCCCC2)c1O. The molecule has 2 aromatic carbocycles. The molecule has 5 rings (SSSR count). The second-order valence-corrected chi connectivity index (χ2v) is 10.8. The van der Waals surface area contributed by atoms with Gasteiger partial charge in [0.05, 0.1) is 0 Å². The molecule has 182 valence electrons. The molecule has 2 saturated carbocycles. The number of piperidine rings is 1. The summed E-state index contributed by atoms with van der Waals surface area (Å²) in [5.41, 5.74) is 2.34. The number of carbonyl (C=O) groups excluding carboxylic acids is 1. The highest BCUT2D eigenvalue weighted by Gasteiger charge is 2.41. The Hall–Kier alpha value is -2.33. The molecular weight excluding hydrogens is 422 g/mol. The van der Waals surface area contributed by atoms with Crippen molar-refractivity contribution < 1.29 is 14.6 Å². The Morgan fingerprint density at radius 2 is 1.59 bits per heavy atom. The maximum absolute atomic E-state index is 12.7. The highest BCUT2D eigenvalue weighted by atomic mass is 16.5. The molecule has 1 heterocycles. The predicted molar refractivity (Wildman–Crippen MR) is 135 cm³/mol. The molecule has 2 aromatic rings. The number of aromatic hydroxyl groups is 1. The minimum Gasteiger partial charge on any atom is -0.504 e. The summed E-state index contributed by atoms with van der Waals surface area (Å²) in [5, 5.41) is 10.9. The van der Waals surface area contributed by atoms with Crippen LogP contribution in [0.4, 0.5) is 0 Å². The number of esters is 1. The van der Waals surface area contributed by atoms with Crippen molar-refractivity contribution in [1.29, 1.82) is 0 Å². The van der Waals surface area contributed by atoms with Gasteiger partial charge in [-0.25, -0.2) is 0 Å². The van der Waals surface area contributed by atoms with E-state index in [-0.39, 0.29) is 11.7 Å². The lowest BCUT2D eigenvalue weighted by atomic mass is 9.81. The number of likely N-dealkylation sites (tertiary alicyclic amines) is 1. The molecule has 0 spiro atoms. The van der Waals surface area contributed by atoms with E-state index < -0.39 is 0 Å². The van der Waals surface area contributed by atoms with Crippen molar-refractivity contribution in [3.8, 4) is 11.5 Å². The van der Waals surface area contributed by atoms with E-state index in [1.54, 1.807) is 6.07 Å². The first-order valence-corrected chi connectivity index (χ1v) is 13.5. The van der Waals surface area contributed by atoms with E-state index in [0.717, 1.165) is 44.5 Å². The highest BCUT2D eigenvalue weighted by molar-refractivity contribution is 5.73. The number of phenolic OH excluding ortho intramolecular Hbond substituents is 1. The molecule has 1 aliphatic heterocycles. The number of para-hydroxylation sites is 1. The van der Waals surface area contributed by atoms with Gasteiger partial charge in [-0.05, 0) is 67.4 Å². The van der Waals surface area contributed by atoms with Gasteiger partial charge in [-0.1, -0.05) is 68.1 Å². The summed E-state index contributed by atoms with van der Waals surface area (Å²) < 4.78 is 5.69. The number of rotatable bonds is 7. The third-order valence-corrected chi connectivity index (χ3v) is 8.58. The molecule has 0 aromatic heterocycles. The molecule has 2 unspecified atom stereocenters. The largest absolute Gasteiger partial charge is 0.504 e. The Morgan fingerprint density at radius 1 is 0.882 bits per heavy atom. The maximum atomic E-state index is 12.7. The second kappa shape index (κ2) is 10.9. The Morgan fingerprint density at radius 3 is 2.29 bits per heavy atom. The summed E-state index contributed by atoms with van der Waals surface area (Å²) in [5.74, 6) is 2.66. The van der Waals surface area contributed by atoms with Gasteiger partial charge in [0.2, 0.25) is 0 Å². The van der Waals surface area contributed by atoms with Crippen LogP contribution in [0.15, 0.2) is 48.5 Å². The van der Waals surface area contributed by atoms with Crippen molar-refractivity contribution in [3.05, 3.63) is 59.7 Å². The molecule has 34 heavy (non-hydrogen) atoms. The summed E-state index contributed by atoms with van der Waals surface area (Å²) >= 11 is 0. The van der Waals surface area contributed by atoms with E-state index >= 15 is 0 Å². The molecule has 0 amide bonds. The van der Waals surface area contributed by atoms with Crippen LogP contribution in [0.5, 0.6) is 11.5 Å². The molecule has 1 saturated heterocycles. The normalized spacial score (nSPS) is 25.7. The third-order valence-electron chi connectivity index (χ3n) is 8.58. The van der Waals surface area contributed by atoms with Crippen LogP contribution in [0.3, 0.4) is 0 Å². The summed E-state index contributed by atoms with van der Waals surface area (Å²) in [6.07, 6.45) is 11.1. The molecule has 3 aliphatic rings. The number of carbonyl (C=O) groups is 1. The monoisotopic (exact) mass is 461 g/mol. The minimum atomic E-state index is -0.209. The van der Waals surface area contributed by atoms with Crippen molar-refractivity contribution >= 4 is 5.97 Å². The van der Waals surface area contributed by atoms with Crippen LogP contribution in [0.25, 0.3) is 0 Å². The van der Waals surface area contributed by atoms with Gasteiger partial charge >= 0.3 is 5.97 Å². The molecule has 2 bridgehead atoms. The Bertz CT molecular complexity index is 937. The summed E-state index contributed by atoms with van der Waals surface area (Å²) in [7, 11) is 0. The Balaban J connectivity index is 1.14. The zero-order valence-corrected chi connectivity index (χ0v) is 20.3. The van der Waals surface area contributed by atoms with Gasteiger partial charge in [0.15, 0.2) is 11.5 Å². The average molecular weight is 462 g/mol. The van der Waals surface area contributed by atoms with E-state index in [1.165, 1.54) is 44.1 Å². The number of hydrogen-bond acceptors (Lipinski definition) is 4. The fraction of sp³-hybridized carbons (Fsp3) is 0.567. The maximum Gasteiger partial charge on any atom is 0.311 e. The average Bonchev–Trinajstić information content (AvgIpc) is 3.03. The number of fused-ring (bicyclic) bond motifs is 2. The van der Waals surface area contributed by atoms with Gasteiger partial charge in [0, 0.05) is 31.6 Å². The van der Waals surface area contributed by atoms with Crippen molar-refractivity contribution in [3.63, 3.8) is 0 Å². The molecule has 2 aliphatic carbocycles. The van der Waals surface area contributed by atoms with Crippen LogP contribution < -0.4 is 4.74 Å². The van der Waals surface area contributed by atoms with Gasteiger partial charge in [0.25, 0.3) is 0 Å². The van der Waals surface area contributed by atoms with E-state index in [4.69, 9.17) is 4.74 Å². The first kappa shape index (κ1) is 23.4. The molecule has 3 fully saturated rings. The number of benzene rings is 2.